The third-order valence-electron chi connectivity index (χ3n) is 4.71. The summed E-state index contributed by atoms with van der Waals surface area (Å²) >= 11 is 0. The first kappa shape index (κ1) is 18.5. The summed E-state index contributed by atoms with van der Waals surface area (Å²) in [5.41, 5.74) is 3.76. The first-order valence-electron chi connectivity index (χ1n) is 9.20. The fraction of sp³-hybridized carbons (Fsp3) is 0.0833. The zero-order valence-electron chi connectivity index (χ0n) is 15.8. The Balaban J connectivity index is 1.70. The van der Waals surface area contributed by atoms with E-state index in [1.165, 1.54) is 12.1 Å². The van der Waals surface area contributed by atoms with E-state index in [0.717, 1.165) is 16.8 Å². The second-order valence-corrected chi connectivity index (χ2v) is 6.89. The predicted octanol–water partition coefficient (Wildman–Crippen LogP) is 4.66. The van der Waals surface area contributed by atoms with E-state index in [1.54, 1.807) is 23.1 Å². The normalized spacial score (nSPS) is 14.4. The molecule has 0 aromatic heterocycles. The topological polar surface area (TPSA) is 66.8 Å². The number of carboxylic acid groups (broad SMARTS) is 1. The van der Waals surface area contributed by atoms with Crippen molar-refractivity contribution in [3.05, 3.63) is 101 Å². The number of para-hydroxylation sites is 2. The number of ether oxygens (including phenoxy) is 1. The Hall–Kier alpha value is -3.86. The maximum Gasteiger partial charge on any atom is 0.335 e. The number of anilines is 1. The minimum absolute atomic E-state index is 0.189. The largest absolute Gasteiger partial charge is 0.478 e. The molecule has 3 aromatic carbocycles. The molecular formula is C24H19NO4. The van der Waals surface area contributed by atoms with Crippen molar-refractivity contribution in [3.63, 3.8) is 0 Å². The lowest BCUT2D eigenvalue weighted by Gasteiger charge is -2.30. The molecule has 0 bridgehead atoms. The van der Waals surface area contributed by atoms with Crippen LogP contribution in [0.3, 0.4) is 0 Å². The lowest BCUT2D eigenvalue weighted by atomic mass is 10.1. The van der Waals surface area contributed by atoms with Crippen molar-refractivity contribution in [2.24, 2.45) is 0 Å². The fourth-order valence-corrected chi connectivity index (χ4v) is 3.29. The van der Waals surface area contributed by atoms with E-state index >= 15 is 0 Å². The smallest absolute Gasteiger partial charge is 0.335 e. The van der Waals surface area contributed by atoms with Crippen molar-refractivity contribution >= 4 is 23.6 Å². The average molecular weight is 385 g/mol. The number of hydrogen-bond donors (Lipinski definition) is 1. The SMILES string of the molecule is Cc1cccc(CN2C(=O)/C(=C\c3ccc(C(=O)O)cc3)Oc3ccccc32)c1. The quantitative estimate of drug-likeness (QED) is 0.664. The van der Waals surface area contributed by atoms with Crippen molar-refractivity contribution in [2.75, 3.05) is 4.90 Å². The van der Waals surface area contributed by atoms with Gasteiger partial charge in [0, 0.05) is 0 Å². The van der Waals surface area contributed by atoms with Gasteiger partial charge in [-0.1, -0.05) is 54.1 Å². The molecule has 0 saturated heterocycles. The Kier molecular flexibility index (Phi) is 4.87. The molecule has 0 fully saturated rings. The Bertz CT molecular complexity index is 1120. The van der Waals surface area contributed by atoms with Gasteiger partial charge >= 0.3 is 5.97 Å². The third kappa shape index (κ3) is 3.89. The van der Waals surface area contributed by atoms with Gasteiger partial charge < -0.3 is 9.84 Å². The molecule has 5 nitrogen and oxygen atoms in total. The molecule has 1 aliphatic heterocycles. The molecule has 3 aromatic rings. The van der Waals surface area contributed by atoms with Gasteiger partial charge in [0.25, 0.3) is 5.91 Å². The first-order valence-corrected chi connectivity index (χ1v) is 9.20. The summed E-state index contributed by atoms with van der Waals surface area (Å²) in [4.78, 5) is 25.9. The average Bonchev–Trinajstić information content (AvgIpc) is 2.71. The number of nitrogens with zero attached hydrogens (tertiary/aromatic N) is 1. The van der Waals surface area contributed by atoms with E-state index in [4.69, 9.17) is 9.84 Å². The highest BCUT2D eigenvalue weighted by Gasteiger charge is 2.30. The summed E-state index contributed by atoms with van der Waals surface area (Å²) in [5.74, 6) is -0.437. The van der Waals surface area contributed by atoms with E-state index in [0.29, 0.717) is 17.9 Å². The van der Waals surface area contributed by atoms with Crippen LogP contribution in [0.25, 0.3) is 6.08 Å². The molecule has 29 heavy (non-hydrogen) atoms. The minimum Gasteiger partial charge on any atom is -0.478 e. The Morgan fingerprint density at radius 3 is 2.52 bits per heavy atom. The zero-order chi connectivity index (χ0) is 20.4. The molecule has 0 atom stereocenters. The van der Waals surface area contributed by atoms with Crippen LogP contribution in [0.4, 0.5) is 5.69 Å². The molecule has 4 rings (SSSR count). The summed E-state index contributed by atoms with van der Waals surface area (Å²) in [6.07, 6.45) is 1.63. The number of aryl methyl sites for hydroxylation is 1. The highest BCUT2D eigenvalue weighted by molar-refractivity contribution is 6.09. The first-order chi connectivity index (χ1) is 14.0. The highest BCUT2D eigenvalue weighted by Crippen LogP contribution is 2.36. The molecule has 0 aliphatic carbocycles. The van der Waals surface area contributed by atoms with Crippen LogP contribution in [0.1, 0.15) is 27.0 Å². The predicted molar refractivity (Wildman–Crippen MR) is 111 cm³/mol. The third-order valence-corrected chi connectivity index (χ3v) is 4.71. The summed E-state index contributed by atoms with van der Waals surface area (Å²) in [6, 6.07) is 21.8. The van der Waals surface area contributed by atoms with Gasteiger partial charge in [-0.25, -0.2) is 4.79 Å². The van der Waals surface area contributed by atoms with Gasteiger partial charge in [-0.2, -0.15) is 0 Å². The van der Waals surface area contributed by atoms with Crippen LogP contribution in [0.2, 0.25) is 0 Å². The van der Waals surface area contributed by atoms with Gasteiger partial charge in [0.15, 0.2) is 11.5 Å². The number of benzene rings is 3. The summed E-state index contributed by atoms with van der Waals surface area (Å²) in [7, 11) is 0. The fourth-order valence-electron chi connectivity index (χ4n) is 3.29. The number of carboxylic acids is 1. The number of hydrogen-bond acceptors (Lipinski definition) is 3. The van der Waals surface area contributed by atoms with Crippen molar-refractivity contribution < 1.29 is 19.4 Å². The minimum atomic E-state index is -0.993. The van der Waals surface area contributed by atoms with E-state index in [9.17, 15) is 9.59 Å². The summed E-state index contributed by atoms with van der Waals surface area (Å²) in [5, 5.41) is 9.04. The van der Waals surface area contributed by atoms with Gasteiger partial charge in [-0.05, 0) is 48.4 Å². The molecule has 0 spiro atoms. The lowest BCUT2D eigenvalue weighted by molar-refractivity contribution is -0.117. The van der Waals surface area contributed by atoms with Crippen LogP contribution in [0.5, 0.6) is 5.75 Å². The summed E-state index contributed by atoms with van der Waals surface area (Å²) < 4.78 is 5.87. The van der Waals surface area contributed by atoms with E-state index in [1.807, 2.05) is 49.4 Å². The van der Waals surface area contributed by atoms with Crippen LogP contribution in [0, 0.1) is 6.92 Å². The molecule has 0 unspecified atom stereocenters. The van der Waals surface area contributed by atoms with Crippen molar-refractivity contribution in [3.8, 4) is 5.75 Å². The monoisotopic (exact) mass is 385 g/mol. The molecular weight excluding hydrogens is 366 g/mol. The van der Waals surface area contributed by atoms with E-state index < -0.39 is 5.97 Å². The van der Waals surface area contributed by atoms with E-state index in [2.05, 4.69) is 6.07 Å². The highest BCUT2D eigenvalue weighted by atomic mass is 16.5. The molecule has 5 heteroatoms. The molecule has 1 N–H and O–H groups in total. The van der Waals surface area contributed by atoms with Gasteiger partial charge in [0.1, 0.15) is 0 Å². The molecule has 0 radical (unpaired) electrons. The second kappa shape index (κ2) is 7.64. The molecule has 1 amide bonds. The Morgan fingerprint density at radius 2 is 1.79 bits per heavy atom. The standard InChI is InChI=1S/C24H19NO4/c1-16-5-4-6-18(13-16)15-25-20-7-2-3-8-21(20)29-22(23(25)26)14-17-9-11-19(12-10-17)24(27)28/h2-14H,15H2,1H3,(H,27,28)/b22-14+. The van der Waals surface area contributed by atoms with Crippen molar-refractivity contribution in [1.29, 1.82) is 0 Å². The second-order valence-electron chi connectivity index (χ2n) is 6.89. The summed E-state index contributed by atoms with van der Waals surface area (Å²) in [6.45, 7) is 2.45. The van der Waals surface area contributed by atoms with Gasteiger partial charge in [0.2, 0.25) is 0 Å². The van der Waals surface area contributed by atoms with Crippen molar-refractivity contribution in [1.82, 2.24) is 0 Å². The maximum atomic E-state index is 13.2. The number of aromatic carboxylic acids is 1. The number of fused-ring (bicyclic) bond motifs is 1. The molecule has 0 saturated carbocycles. The van der Waals surface area contributed by atoms with Gasteiger partial charge in [-0.15, -0.1) is 0 Å². The molecule has 1 aliphatic rings. The number of rotatable bonds is 4. The zero-order valence-corrected chi connectivity index (χ0v) is 15.8. The molecule has 1 heterocycles. The lowest BCUT2D eigenvalue weighted by Crippen LogP contribution is -2.36. The maximum absolute atomic E-state index is 13.2. The number of carbonyl (C=O) groups excluding carboxylic acids is 1. The van der Waals surface area contributed by atoms with E-state index in [-0.39, 0.29) is 17.2 Å². The van der Waals surface area contributed by atoms with Crippen LogP contribution in [-0.4, -0.2) is 17.0 Å². The van der Waals surface area contributed by atoms with Crippen LogP contribution in [0.15, 0.2) is 78.6 Å². The number of amides is 1. The van der Waals surface area contributed by atoms with Crippen molar-refractivity contribution in [2.45, 2.75) is 13.5 Å². The Morgan fingerprint density at radius 1 is 1.03 bits per heavy atom. The van der Waals surface area contributed by atoms with Gasteiger partial charge in [0.05, 0.1) is 17.8 Å². The Labute approximate surface area is 168 Å². The molecule has 144 valence electrons. The number of carbonyl (C=O) groups is 2. The van der Waals surface area contributed by atoms with Crippen LogP contribution >= 0.6 is 0 Å². The van der Waals surface area contributed by atoms with Gasteiger partial charge in [-0.3, -0.25) is 9.69 Å². The van der Waals surface area contributed by atoms with Crippen LogP contribution < -0.4 is 9.64 Å². The van der Waals surface area contributed by atoms with Crippen LogP contribution in [-0.2, 0) is 11.3 Å².